The van der Waals surface area contributed by atoms with Gasteiger partial charge in [-0.1, -0.05) is 19.1 Å². The number of hydrogen-bond acceptors (Lipinski definition) is 4. The number of rotatable bonds is 4. The molecule has 0 amide bonds. The van der Waals surface area contributed by atoms with Crippen molar-refractivity contribution in [1.29, 1.82) is 0 Å². The maximum atomic E-state index is 12.1. The molecule has 0 N–H and O–H groups in total. The topological polar surface area (TPSA) is 55.7 Å². The lowest BCUT2D eigenvalue weighted by Crippen LogP contribution is -2.13. The zero-order chi connectivity index (χ0) is 13.7. The number of nitrogens with zero attached hydrogens (tertiary/aromatic N) is 3. The van der Waals surface area contributed by atoms with Crippen molar-refractivity contribution in [2.75, 3.05) is 0 Å². The normalized spacial score (nSPS) is 12.5. The van der Waals surface area contributed by atoms with Crippen molar-refractivity contribution in [3.8, 4) is 11.3 Å². The third kappa shape index (κ3) is 3.10. The lowest BCUT2D eigenvalue weighted by Gasteiger charge is -2.05. The second-order valence-electron chi connectivity index (χ2n) is 4.19. The third-order valence-corrected chi connectivity index (χ3v) is 2.73. The van der Waals surface area contributed by atoms with Crippen molar-refractivity contribution in [3.63, 3.8) is 0 Å². The lowest BCUT2D eigenvalue weighted by atomic mass is 10.1. The van der Waals surface area contributed by atoms with E-state index in [4.69, 9.17) is 0 Å². The van der Waals surface area contributed by atoms with Crippen LogP contribution in [0.3, 0.4) is 0 Å². The molecule has 0 saturated heterocycles. The predicted molar refractivity (Wildman–Crippen MR) is 73.6 cm³/mol. The quantitative estimate of drug-likeness (QED) is 0.621. The molecule has 19 heavy (non-hydrogen) atoms. The molecular formula is C15H15N3O. The monoisotopic (exact) mass is 253 g/mol. The van der Waals surface area contributed by atoms with Crippen molar-refractivity contribution in [3.05, 3.63) is 54.8 Å². The largest absolute Gasteiger partial charge is 0.290 e. The maximum absolute atomic E-state index is 12.1. The maximum Gasteiger partial charge on any atom is 0.206 e. The Bertz CT molecular complexity index is 593. The van der Waals surface area contributed by atoms with Gasteiger partial charge in [-0.25, -0.2) is 9.97 Å². The Hall–Kier alpha value is -2.36. The van der Waals surface area contributed by atoms with Crippen LogP contribution >= 0.6 is 0 Å². The van der Waals surface area contributed by atoms with Gasteiger partial charge in [-0.05, 0) is 25.1 Å². The van der Waals surface area contributed by atoms with Crippen LogP contribution in [0.15, 0.2) is 48.9 Å². The lowest BCUT2D eigenvalue weighted by molar-refractivity contribution is 0.0943. The average molecular weight is 253 g/mol. The Morgan fingerprint density at radius 1 is 1.32 bits per heavy atom. The summed E-state index contributed by atoms with van der Waals surface area (Å²) in [6, 6.07) is 5.51. The van der Waals surface area contributed by atoms with Crippen molar-refractivity contribution in [2.24, 2.45) is 5.92 Å². The molecule has 96 valence electrons. The van der Waals surface area contributed by atoms with Crippen LogP contribution in [-0.4, -0.2) is 20.7 Å². The number of pyridine rings is 1. The predicted octanol–water partition coefficient (Wildman–Crippen LogP) is 2.93. The average Bonchev–Trinajstić information content (AvgIpc) is 2.48. The molecule has 2 heterocycles. The van der Waals surface area contributed by atoms with Gasteiger partial charge in [0.15, 0.2) is 5.82 Å². The molecule has 4 nitrogen and oxygen atoms in total. The summed E-state index contributed by atoms with van der Waals surface area (Å²) in [6.07, 6.45) is 8.71. The molecule has 0 aliphatic rings. The summed E-state index contributed by atoms with van der Waals surface area (Å²) in [6.45, 7) is 3.72. The van der Waals surface area contributed by atoms with Gasteiger partial charge in [0.2, 0.25) is 5.78 Å². The number of carbonyl (C=O) groups is 1. The zero-order valence-electron chi connectivity index (χ0n) is 10.9. The molecule has 2 aromatic heterocycles. The first kappa shape index (κ1) is 13.1. The van der Waals surface area contributed by atoms with E-state index in [1.807, 2.05) is 38.1 Å². The number of ketones is 1. The van der Waals surface area contributed by atoms with E-state index in [0.29, 0.717) is 5.69 Å². The number of Topliss-reactive ketones (excluding diaryl/α,β-unsaturated/α-hetero) is 1. The van der Waals surface area contributed by atoms with Crippen molar-refractivity contribution < 1.29 is 4.79 Å². The number of carbonyl (C=O) groups excluding carboxylic acids is 1. The second-order valence-corrected chi connectivity index (χ2v) is 4.19. The fourth-order valence-electron chi connectivity index (χ4n) is 1.73. The number of allylic oxidation sites excluding steroid dienone is 2. The molecule has 0 aliphatic heterocycles. The van der Waals surface area contributed by atoms with Crippen LogP contribution in [0.1, 0.15) is 24.5 Å². The minimum atomic E-state index is -0.214. The first-order chi connectivity index (χ1) is 9.22. The molecule has 0 fully saturated rings. The Morgan fingerprint density at radius 2 is 2.16 bits per heavy atom. The van der Waals surface area contributed by atoms with E-state index in [-0.39, 0.29) is 17.5 Å². The minimum Gasteiger partial charge on any atom is -0.290 e. The summed E-state index contributed by atoms with van der Waals surface area (Å²) < 4.78 is 0. The van der Waals surface area contributed by atoms with Crippen LogP contribution in [0, 0.1) is 5.92 Å². The molecule has 0 spiro atoms. The molecule has 0 unspecified atom stereocenters. The van der Waals surface area contributed by atoms with E-state index >= 15 is 0 Å². The Kier molecular flexibility index (Phi) is 4.13. The first-order valence-corrected chi connectivity index (χ1v) is 6.13. The Morgan fingerprint density at radius 3 is 2.84 bits per heavy atom. The van der Waals surface area contributed by atoms with Crippen LogP contribution in [0.4, 0.5) is 0 Å². The summed E-state index contributed by atoms with van der Waals surface area (Å²) >= 11 is 0. The Balaban J connectivity index is 2.32. The second kappa shape index (κ2) is 6.00. The van der Waals surface area contributed by atoms with E-state index in [9.17, 15) is 4.79 Å². The van der Waals surface area contributed by atoms with Gasteiger partial charge in [0, 0.05) is 30.1 Å². The van der Waals surface area contributed by atoms with Gasteiger partial charge in [-0.3, -0.25) is 9.78 Å². The van der Waals surface area contributed by atoms with Crippen LogP contribution in [0.2, 0.25) is 0 Å². The van der Waals surface area contributed by atoms with Gasteiger partial charge in [0.05, 0.1) is 5.69 Å². The molecule has 0 bridgehead atoms. The highest BCUT2D eigenvalue weighted by molar-refractivity contribution is 5.95. The molecule has 0 aromatic carbocycles. The van der Waals surface area contributed by atoms with Gasteiger partial charge in [0.25, 0.3) is 0 Å². The van der Waals surface area contributed by atoms with E-state index in [0.717, 1.165) is 5.56 Å². The molecular weight excluding hydrogens is 238 g/mol. The molecule has 2 aromatic rings. The molecule has 0 radical (unpaired) electrons. The number of hydrogen-bond donors (Lipinski definition) is 0. The van der Waals surface area contributed by atoms with Gasteiger partial charge < -0.3 is 0 Å². The minimum absolute atomic E-state index is 0.0798. The summed E-state index contributed by atoms with van der Waals surface area (Å²) in [7, 11) is 0. The van der Waals surface area contributed by atoms with Gasteiger partial charge in [0.1, 0.15) is 0 Å². The molecule has 0 saturated carbocycles. The van der Waals surface area contributed by atoms with Crippen LogP contribution in [-0.2, 0) is 0 Å². The van der Waals surface area contributed by atoms with Gasteiger partial charge in [-0.15, -0.1) is 0 Å². The van der Waals surface area contributed by atoms with Crippen LogP contribution in [0.25, 0.3) is 11.3 Å². The van der Waals surface area contributed by atoms with Crippen LogP contribution in [0.5, 0.6) is 0 Å². The smallest absolute Gasteiger partial charge is 0.206 e. The fourth-order valence-corrected chi connectivity index (χ4v) is 1.73. The fraction of sp³-hybridized carbons (Fsp3) is 0.200. The van der Waals surface area contributed by atoms with Crippen LogP contribution < -0.4 is 0 Å². The van der Waals surface area contributed by atoms with Crippen molar-refractivity contribution in [1.82, 2.24) is 15.0 Å². The summed E-state index contributed by atoms with van der Waals surface area (Å²) in [4.78, 5) is 24.5. The highest BCUT2D eigenvalue weighted by atomic mass is 16.1. The highest BCUT2D eigenvalue weighted by Crippen LogP contribution is 2.15. The van der Waals surface area contributed by atoms with Crippen molar-refractivity contribution in [2.45, 2.75) is 13.8 Å². The van der Waals surface area contributed by atoms with E-state index in [1.54, 1.807) is 24.7 Å². The first-order valence-electron chi connectivity index (χ1n) is 6.13. The SMILES string of the molecule is C/C=C/[C@@H](C)C(=O)c1nccc(-c2cccnc2)n1. The summed E-state index contributed by atoms with van der Waals surface area (Å²) in [5, 5.41) is 0. The standard InChI is InChI=1S/C15H15N3O/c1-3-5-11(2)14(19)15-17-9-7-13(18-15)12-6-4-8-16-10-12/h3-11H,1-2H3/b5-3+/t11-/m1/s1. The summed E-state index contributed by atoms with van der Waals surface area (Å²) in [5.74, 6) is -0.0510. The van der Waals surface area contributed by atoms with E-state index < -0.39 is 0 Å². The van der Waals surface area contributed by atoms with E-state index in [2.05, 4.69) is 15.0 Å². The van der Waals surface area contributed by atoms with Gasteiger partial charge >= 0.3 is 0 Å². The Labute approximate surface area is 112 Å². The highest BCUT2D eigenvalue weighted by Gasteiger charge is 2.15. The zero-order valence-corrected chi connectivity index (χ0v) is 10.9. The molecule has 1 atom stereocenters. The molecule has 2 rings (SSSR count). The van der Waals surface area contributed by atoms with Crippen molar-refractivity contribution >= 4 is 5.78 Å². The third-order valence-electron chi connectivity index (χ3n) is 2.73. The molecule has 4 heteroatoms. The summed E-state index contributed by atoms with van der Waals surface area (Å²) in [5.41, 5.74) is 1.58. The van der Waals surface area contributed by atoms with E-state index in [1.165, 1.54) is 0 Å². The number of aromatic nitrogens is 3. The van der Waals surface area contributed by atoms with Gasteiger partial charge in [-0.2, -0.15) is 0 Å². The molecule has 0 aliphatic carbocycles.